The number of nitrogens with zero attached hydrogens (tertiary/aromatic N) is 4. The molecule has 0 amide bonds. The van der Waals surface area contributed by atoms with Crippen LogP contribution >= 0.6 is 0 Å². The van der Waals surface area contributed by atoms with Crippen LogP contribution in [0.2, 0.25) is 0 Å². The Kier molecular flexibility index (Phi) is 3.61. The zero-order valence-corrected chi connectivity index (χ0v) is 11.2. The van der Waals surface area contributed by atoms with Crippen molar-refractivity contribution < 1.29 is 0 Å². The fourth-order valence-corrected chi connectivity index (χ4v) is 2.83. The van der Waals surface area contributed by atoms with E-state index in [2.05, 4.69) is 25.0 Å². The van der Waals surface area contributed by atoms with Gasteiger partial charge < -0.3 is 4.90 Å². The van der Waals surface area contributed by atoms with Gasteiger partial charge in [0.25, 0.3) is 0 Å². The first-order chi connectivity index (χ1) is 8.79. The highest BCUT2D eigenvalue weighted by Crippen LogP contribution is 2.27. The highest BCUT2D eigenvalue weighted by atomic mass is 15.3. The van der Waals surface area contributed by atoms with Gasteiger partial charge in [-0.15, -0.1) is 0 Å². The maximum Gasteiger partial charge on any atom is 0.164 e. The first kappa shape index (κ1) is 12.1. The molecule has 5 heteroatoms. The van der Waals surface area contributed by atoms with Crippen LogP contribution in [0.1, 0.15) is 30.9 Å². The normalized spacial score (nSPS) is 23.2. The van der Waals surface area contributed by atoms with E-state index >= 15 is 0 Å². The Bertz CT molecular complexity index is 376. The Labute approximate surface area is 109 Å². The van der Waals surface area contributed by atoms with Crippen LogP contribution in [0.3, 0.4) is 0 Å². The summed E-state index contributed by atoms with van der Waals surface area (Å²) in [6.45, 7) is 8.89. The zero-order valence-electron chi connectivity index (χ0n) is 11.2. The van der Waals surface area contributed by atoms with Crippen molar-refractivity contribution in [3.05, 3.63) is 11.6 Å². The summed E-state index contributed by atoms with van der Waals surface area (Å²) in [6.07, 6.45) is 4.36. The van der Waals surface area contributed by atoms with Crippen LogP contribution in [0.4, 0.5) is 0 Å². The number of H-pyrrole nitrogens is 1. The van der Waals surface area contributed by atoms with E-state index in [1.807, 2.05) is 6.92 Å². The van der Waals surface area contributed by atoms with Gasteiger partial charge in [-0.2, -0.15) is 5.10 Å². The van der Waals surface area contributed by atoms with E-state index in [0.29, 0.717) is 0 Å². The topological polar surface area (TPSA) is 48.1 Å². The molecule has 0 radical (unpaired) electrons. The Hall–Kier alpha value is -0.940. The molecule has 1 aromatic heterocycles. The largest absolute Gasteiger partial charge is 0.301 e. The third kappa shape index (κ3) is 2.90. The molecule has 1 aliphatic carbocycles. The summed E-state index contributed by atoms with van der Waals surface area (Å²) >= 11 is 0. The molecule has 18 heavy (non-hydrogen) atoms. The standard InChI is InChI=1S/C13H23N5/c1-11-14-13(16-15-11)10-18-7-5-17(6-8-18)9-12-3-2-4-12/h12H,2-10H2,1H3,(H,14,15,16). The van der Waals surface area contributed by atoms with E-state index in [1.165, 1.54) is 38.9 Å². The molecule has 2 fully saturated rings. The zero-order chi connectivity index (χ0) is 12.4. The second-order valence-corrected chi connectivity index (χ2v) is 5.71. The lowest BCUT2D eigenvalue weighted by Gasteiger charge is -2.38. The minimum atomic E-state index is 0.890. The number of piperazine rings is 1. The highest BCUT2D eigenvalue weighted by molar-refractivity contribution is 4.88. The van der Waals surface area contributed by atoms with Crippen LogP contribution in [0.25, 0.3) is 0 Å². The molecular weight excluding hydrogens is 226 g/mol. The number of aryl methyl sites for hydroxylation is 1. The van der Waals surface area contributed by atoms with Crippen molar-refractivity contribution in [2.45, 2.75) is 32.7 Å². The van der Waals surface area contributed by atoms with Gasteiger partial charge in [-0.25, -0.2) is 4.98 Å². The van der Waals surface area contributed by atoms with E-state index in [4.69, 9.17) is 0 Å². The molecule has 0 bridgehead atoms. The van der Waals surface area contributed by atoms with Gasteiger partial charge in [0.15, 0.2) is 5.82 Å². The van der Waals surface area contributed by atoms with Crippen LogP contribution in [0.15, 0.2) is 0 Å². The molecule has 5 nitrogen and oxygen atoms in total. The SMILES string of the molecule is Cc1nc(CN2CCN(CC3CCC3)CC2)n[nH]1. The van der Waals surface area contributed by atoms with Crippen LogP contribution in [0, 0.1) is 12.8 Å². The van der Waals surface area contributed by atoms with Gasteiger partial charge in [-0.3, -0.25) is 10.00 Å². The monoisotopic (exact) mass is 249 g/mol. The average molecular weight is 249 g/mol. The van der Waals surface area contributed by atoms with Crippen LogP contribution in [0.5, 0.6) is 0 Å². The van der Waals surface area contributed by atoms with Gasteiger partial charge in [0, 0.05) is 32.7 Å². The Balaban J connectivity index is 1.42. The predicted octanol–water partition coefficient (Wildman–Crippen LogP) is 1.03. The summed E-state index contributed by atoms with van der Waals surface area (Å²) in [7, 11) is 0. The maximum atomic E-state index is 4.37. The molecule has 100 valence electrons. The first-order valence-corrected chi connectivity index (χ1v) is 7.12. The van der Waals surface area contributed by atoms with Crippen molar-refractivity contribution in [3.8, 4) is 0 Å². The lowest BCUT2D eigenvalue weighted by Crippen LogP contribution is -2.48. The van der Waals surface area contributed by atoms with Gasteiger partial charge in [0.05, 0.1) is 6.54 Å². The molecule has 0 spiro atoms. The number of aromatic nitrogens is 3. The highest BCUT2D eigenvalue weighted by Gasteiger charge is 2.23. The van der Waals surface area contributed by atoms with Crippen molar-refractivity contribution in [2.75, 3.05) is 32.7 Å². The van der Waals surface area contributed by atoms with Crippen molar-refractivity contribution in [3.63, 3.8) is 0 Å². The van der Waals surface area contributed by atoms with Crippen LogP contribution in [-0.4, -0.2) is 57.7 Å². The minimum absolute atomic E-state index is 0.890. The summed E-state index contributed by atoms with van der Waals surface area (Å²) in [4.78, 5) is 9.46. The van der Waals surface area contributed by atoms with Crippen molar-refractivity contribution in [2.24, 2.45) is 5.92 Å². The molecule has 2 heterocycles. The summed E-state index contributed by atoms with van der Waals surface area (Å²) in [6, 6.07) is 0. The Morgan fingerprint density at radius 1 is 1.17 bits per heavy atom. The summed E-state index contributed by atoms with van der Waals surface area (Å²) in [5.41, 5.74) is 0. The van der Waals surface area contributed by atoms with Gasteiger partial charge in [-0.1, -0.05) is 6.42 Å². The Morgan fingerprint density at radius 3 is 2.44 bits per heavy atom. The quantitative estimate of drug-likeness (QED) is 0.866. The van der Waals surface area contributed by atoms with E-state index in [0.717, 1.165) is 37.2 Å². The smallest absolute Gasteiger partial charge is 0.164 e. The predicted molar refractivity (Wildman–Crippen MR) is 70.2 cm³/mol. The summed E-state index contributed by atoms with van der Waals surface area (Å²) in [5, 5.41) is 7.12. The maximum absolute atomic E-state index is 4.37. The molecule has 1 saturated heterocycles. The fraction of sp³-hybridized carbons (Fsp3) is 0.846. The average Bonchev–Trinajstić information content (AvgIpc) is 2.72. The molecule has 0 atom stereocenters. The molecule has 3 rings (SSSR count). The lowest BCUT2D eigenvalue weighted by molar-refractivity contribution is 0.0953. The fourth-order valence-electron chi connectivity index (χ4n) is 2.83. The second-order valence-electron chi connectivity index (χ2n) is 5.71. The molecule has 2 aliphatic rings. The van der Waals surface area contributed by atoms with Crippen molar-refractivity contribution >= 4 is 0 Å². The first-order valence-electron chi connectivity index (χ1n) is 7.12. The summed E-state index contributed by atoms with van der Waals surface area (Å²) in [5.74, 6) is 2.83. The Morgan fingerprint density at radius 2 is 1.89 bits per heavy atom. The molecule has 0 unspecified atom stereocenters. The molecular formula is C13H23N5. The van der Waals surface area contributed by atoms with Gasteiger partial charge >= 0.3 is 0 Å². The van der Waals surface area contributed by atoms with E-state index in [-0.39, 0.29) is 0 Å². The van der Waals surface area contributed by atoms with E-state index in [9.17, 15) is 0 Å². The summed E-state index contributed by atoms with van der Waals surface area (Å²) < 4.78 is 0. The molecule has 1 saturated carbocycles. The van der Waals surface area contributed by atoms with Gasteiger partial charge in [0.2, 0.25) is 0 Å². The lowest BCUT2D eigenvalue weighted by atomic mass is 9.85. The number of rotatable bonds is 4. The van der Waals surface area contributed by atoms with Crippen molar-refractivity contribution in [1.29, 1.82) is 0 Å². The van der Waals surface area contributed by atoms with Crippen LogP contribution in [-0.2, 0) is 6.54 Å². The molecule has 1 aliphatic heterocycles. The van der Waals surface area contributed by atoms with Gasteiger partial charge in [-0.05, 0) is 25.7 Å². The van der Waals surface area contributed by atoms with Crippen molar-refractivity contribution in [1.82, 2.24) is 25.0 Å². The third-order valence-electron chi connectivity index (χ3n) is 4.21. The number of aromatic amines is 1. The van der Waals surface area contributed by atoms with Crippen LogP contribution < -0.4 is 0 Å². The molecule has 1 aromatic rings. The number of hydrogen-bond donors (Lipinski definition) is 1. The number of hydrogen-bond acceptors (Lipinski definition) is 4. The molecule has 1 N–H and O–H groups in total. The third-order valence-corrected chi connectivity index (χ3v) is 4.21. The van der Waals surface area contributed by atoms with Gasteiger partial charge in [0.1, 0.15) is 5.82 Å². The van der Waals surface area contributed by atoms with E-state index in [1.54, 1.807) is 0 Å². The number of nitrogens with one attached hydrogen (secondary N) is 1. The second kappa shape index (κ2) is 5.36. The molecule has 0 aromatic carbocycles. The van der Waals surface area contributed by atoms with E-state index < -0.39 is 0 Å². The minimum Gasteiger partial charge on any atom is -0.301 e.